The molecule has 0 fully saturated rings. The molecule has 0 radical (unpaired) electrons. The minimum Gasteiger partial charge on any atom is -0.369 e. The highest BCUT2D eigenvalue weighted by Gasteiger charge is 2.10. The van der Waals surface area contributed by atoms with Crippen LogP contribution < -0.4 is 5.73 Å². The number of fused-ring (bicyclic) bond motifs is 2. The zero-order valence-electron chi connectivity index (χ0n) is 11.4. The lowest BCUT2D eigenvalue weighted by molar-refractivity contribution is 0.833. The fourth-order valence-electron chi connectivity index (χ4n) is 2.73. The van der Waals surface area contributed by atoms with Gasteiger partial charge in [0.15, 0.2) is 5.65 Å². The molecular weight excluding hydrogens is 260 g/mol. The summed E-state index contributed by atoms with van der Waals surface area (Å²) in [6, 6.07) is 18.5. The summed E-state index contributed by atoms with van der Waals surface area (Å²) in [5.74, 6) is 0.497. The van der Waals surface area contributed by atoms with E-state index in [4.69, 9.17) is 5.73 Å². The molecule has 4 nitrogen and oxygen atoms in total. The number of hydrogen-bond acceptors (Lipinski definition) is 3. The molecule has 0 amide bonds. The Morgan fingerprint density at radius 3 is 2.76 bits per heavy atom. The van der Waals surface area contributed by atoms with Crippen molar-refractivity contribution in [2.24, 2.45) is 0 Å². The molecule has 4 rings (SSSR count). The molecule has 0 saturated carbocycles. The first kappa shape index (κ1) is 11.9. The van der Waals surface area contributed by atoms with Crippen LogP contribution in [-0.2, 0) is 6.54 Å². The van der Waals surface area contributed by atoms with Crippen LogP contribution in [0.5, 0.6) is 0 Å². The Balaban J connectivity index is 1.89. The first-order valence-corrected chi connectivity index (χ1v) is 6.86. The SMILES string of the molecule is Nc1nc2cccnc2n1Cc1cccc2ccccc12. The average molecular weight is 274 g/mol. The number of benzene rings is 2. The van der Waals surface area contributed by atoms with Gasteiger partial charge >= 0.3 is 0 Å². The van der Waals surface area contributed by atoms with Gasteiger partial charge in [-0.15, -0.1) is 0 Å². The third kappa shape index (κ3) is 1.92. The van der Waals surface area contributed by atoms with Crippen molar-refractivity contribution in [2.75, 3.05) is 5.73 Å². The largest absolute Gasteiger partial charge is 0.369 e. The lowest BCUT2D eigenvalue weighted by Crippen LogP contribution is -2.05. The van der Waals surface area contributed by atoms with Gasteiger partial charge < -0.3 is 5.73 Å². The number of nitrogens with zero attached hydrogens (tertiary/aromatic N) is 3. The Labute approximate surface area is 121 Å². The quantitative estimate of drug-likeness (QED) is 0.610. The summed E-state index contributed by atoms with van der Waals surface area (Å²) in [5, 5.41) is 2.46. The van der Waals surface area contributed by atoms with E-state index >= 15 is 0 Å². The monoisotopic (exact) mass is 274 g/mol. The molecule has 102 valence electrons. The Morgan fingerprint density at radius 2 is 1.81 bits per heavy atom. The van der Waals surface area contributed by atoms with E-state index in [0.29, 0.717) is 12.5 Å². The molecular formula is C17H14N4. The van der Waals surface area contributed by atoms with Gasteiger partial charge in [0, 0.05) is 6.20 Å². The van der Waals surface area contributed by atoms with E-state index in [9.17, 15) is 0 Å². The van der Waals surface area contributed by atoms with E-state index in [1.165, 1.54) is 16.3 Å². The zero-order valence-corrected chi connectivity index (χ0v) is 11.4. The van der Waals surface area contributed by atoms with Gasteiger partial charge in [-0.3, -0.25) is 4.57 Å². The summed E-state index contributed by atoms with van der Waals surface area (Å²) in [6.45, 7) is 0.667. The van der Waals surface area contributed by atoms with Crippen molar-refractivity contribution in [3.8, 4) is 0 Å². The summed E-state index contributed by atoms with van der Waals surface area (Å²) in [5.41, 5.74) is 8.92. The van der Waals surface area contributed by atoms with E-state index in [1.807, 2.05) is 16.7 Å². The minimum atomic E-state index is 0.497. The first-order valence-electron chi connectivity index (χ1n) is 6.86. The number of imidazole rings is 1. The Bertz CT molecular complexity index is 934. The van der Waals surface area contributed by atoms with Crippen LogP contribution in [0.3, 0.4) is 0 Å². The molecule has 0 saturated heterocycles. The summed E-state index contributed by atoms with van der Waals surface area (Å²) in [7, 11) is 0. The Kier molecular flexibility index (Phi) is 2.60. The van der Waals surface area contributed by atoms with Gasteiger partial charge in [0.25, 0.3) is 0 Å². The van der Waals surface area contributed by atoms with Crippen molar-refractivity contribution in [3.63, 3.8) is 0 Å². The predicted molar refractivity (Wildman–Crippen MR) is 85.0 cm³/mol. The predicted octanol–water partition coefficient (Wildman–Crippen LogP) is 3.22. The van der Waals surface area contributed by atoms with Gasteiger partial charge in [0.05, 0.1) is 6.54 Å². The minimum absolute atomic E-state index is 0.497. The Hall–Kier alpha value is -2.88. The molecule has 2 aromatic heterocycles. The van der Waals surface area contributed by atoms with E-state index in [2.05, 4.69) is 52.4 Å². The number of pyridine rings is 1. The summed E-state index contributed by atoms with van der Waals surface area (Å²) < 4.78 is 1.96. The fraction of sp³-hybridized carbons (Fsp3) is 0.0588. The number of aromatic nitrogens is 3. The highest BCUT2D eigenvalue weighted by Crippen LogP contribution is 2.22. The van der Waals surface area contributed by atoms with Crippen molar-refractivity contribution in [1.82, 2.24) is 14.5 Å². The normalized spacial score (nSPS) is 11.2. The van der Waals surface area contributed by atoms with Crippen molar-refractivity contribution >= 4 is 27.9 Å². The van der Waals surface area contributed by atoms with Crippen molar-refractivity contribution in [2.45, 2.75) is 6.54 Å². The van der Waals surface area contributed by atoms with E-state index < -0.39 is 0 Å². The van der Waals surface area contributed by atoms with Crippen molar-refractivity contribution in [3.05, 3.63) is 66.4 Å². The van der Waals surface area contributed by atoms with Crippen LogP contribution >= 0.6 is 0 Å². The smallest absolute Gasteiger partial charge is 0.202 e. The van der Waals surface area contributed by atoms with Crippen LogP contribution in [0.4, 0.5) is 5.95 Å². The molecule has 0 unspecified atom stereocenters. The number of anilines is 1. The van der Waals surface area contributed by atoms with Gasteiger partial charge in [-0.2, -0.15) is 0 Å². The highest BCUT2D eigenvalue weighted by molar-refractivity contribution is 5.86. The molecule has 2 heterocycles. The lowest BCUT2D eigenvalue weighted by Gasteiger charge is -2.09. The standard InChI is InChI=1S/C17H14N4/c18-17-20-15-9-4-10-19-16(15)21(17)11-13-7-3-6-12-5-1-2-8-14(12)13/h1-10H,11H2,(H2,18,20). The second-order valence-corrected chi connectivity index (χ2v) is 5.04. The summed E-state index contributed by atoms with van der Waals surface area (Å²) in [4.78, 5) is 8.77. The van der Waals surface area contributed by atoms with Gasteiger partial charge in [0.1, 0.15) is 5.52 Å². The van der Waals surface area contributed by atoms with Crippen molar-refractivity contribution < 1.29 is 0 Å². The summed E-state index contributed by atoms with van der Waals surface area (Å²) >= 11 is 0. The molecule has 21 heavy (non-hydrogen) atoms. The highest BCUT2D eigenvalue weighted by atomic mass is 15.2. The third-order valence-electron chi connectivity index (χ3n) is 3.74. The first-order chi connectivity index (χ1) is 10.3. The summed E-state index contributed by atoms with van der Waals surface area (Å²) in [6.07, 6.45) is 1.77. The molecule has 0 bridgehead atoms. The fourth-order valence-corrected chi connectivity index (χ4v) is 2.73. The van der Waals surface area contributed by atoms with Gasteiger partial charge in [0.2, 0.25) is 5.95 Å². The van der Waals surface area contributed by atoms with E-state index in [1.54, 1.807) is 6.20 Å². The molecule has 0 spiro atoms. The van der Waals surface area contributed by atoms with Crippen molar-refractivity contribution in [1.29, 1.82) is 0 Å². The Morgan fingerprint density at radius 1 is 0.952 bits per heavy atom. The molecule has 0 atom stereocenters. The number of nitrogen functional groups attached to an aromatic ring is 1. The van der Waals surface area contributed by atoms with Gasteiger partial charge in [-0.25, -0.2) is 9.97 Å². The van der Waals surface area contributed by atoms with Crippen LogP contribution in [0.15, 0.2) is 60.8 Å². The number of rotatable bonds is 2. The molecule has 4 aromatic rings. The van der Waals surface area contributed by atoms with Gasteiger partial charge in [-0.05, 0) is 28.5 Å². The molecule has 0 aliphatic carbocycles. The molecule has 2 N–H and O–H groups in total. The van der Waals surface area contributed by atoms with Crippen LogP contribution in [0.2, 0.25) is 0 Å². The third-order valence-corrected chi connectivity index (χ3v) is 3.74. The van der Waals surface area contributed by atoms with Crippen LogP contribution in [0.1, 0.15) is 5.56 Å². The van der Waals surface area contributed by atoms with Crippen LogP contribution in [-0.4, -0.2) is 14.5 Å². The molecule has 4 heteroatoms. The second-order valence-electron chi connectivity index (χ2n) is 5.04. The van der Waals surface area contributed by atoms with Crippen LogP contribution in [0, 0.1) is 0 Å². The molecule has 2 aromatic carbocycles. The number of nitrogens with two attached hydrogens (primary N) is 1. The van der Waals surface area contributed by atoms with E-state index in [0.717, 1.165) is 11.2 Å². The maximum Gasteiger partial charge on any atom is 0.202 e. The topological polar surface area (TPSA) is 56.7 Å². The van der Waals surface area contributed by atoms with Gasteiger partial charge in [-0.1, -0.05) is 42.5 Å². The zero-order chi connectivity index (χ0) is 14.2. The lowest BCUT2D eigenvalue weighted by atomic mass is 10.0. The van der Waals surface area contributed by atoms with E-state index in [-0.39, 0.29) is 0 Å². The second kappa shape index (κ2) is 4.59. The molecule has 0 aliphatic rings. The average Bonchev–Trinajstić information content (AvgIpc) is 2.84. The number of hydrogen-bond donors (Lipinski definition) is 1. The van der Waals surface area contributed by atoms with Crippen LogP contribution in [0.25, 0.3) is 21.9 Å². The molecule has 0 aliphatic heterocycles. The maximum absolute atomic E-state index is 6.06. The maximum atomic E-state index is 6.06.